The summed E-state index contributed by atoms with van der Waals surface area (Å²) in [5, 5.41) is 11.3. The predicted molar refractivity (Wildman–Crippen MR) is 265 cm³/mol. The molecule has 0 bridgehead atoms. The first-order valence-corrected chi connectivity index (χ1v) is 21.8. The van der Waals surface area contributed by atoms with Gasteiger partial charge in [-0.2, -0.15) is 0 Å². The highest BCUT2D eigenvalue weighted by molar-refractivity contribution is 6.20. The zero-order valence-electron chi connectivity index (χ0n) is 34.7. The van der Waals surface area contributed by atoms with Gasteiger partial charge in [0.15, 0.2) is 17.5 Å². The summed E-state index contributed by atoms with van der Waals surface area (Å²) in [6.07, 6.45) is 0. The zero-order chi connectivity index (χ0) is 42.6. The lowest BCUT2D eigenvalue weighted by Gasteiger charge is -2.11. The van der Waals surface area contributed by atoms with E-state index in [1.807, 2.05) is 36.4 Å². The lowest BCUT2D eigenvalue weighted by atomic mass is 10.0. The van der Waals surface area contributed by atoms with Gasteiger partial charge in [-0.15, -0.1) is 0 Å². The van der Waals surface area contributed by atoms with E-state index in [4.69, 9.17) is 23.8 Å². The van der Waals surface area contributed by atoms with Gasteiger partial charge in [-0.3, -0.25) is 0 Å². The highest BCUT2D eigenvalue weighted by atomic mass is 16.3. The Morgan fingerprint density at radius 3 is 1.85 bits per heavy atom. The summed E-state index contributed by atoms with van der Waals surface area (Å²) in [5.74, 6) is 1.69. The molecule has 0 radical (unpaired) electrons. The van der Waals surface area contributed by atoms with Crippen molar-refractivity contribution < 1.29 is 8.83 Å². The lowest BCUT2D eigenvalue weighted by molar-refractivity contribution is 0.669. The van der Waals surface area contributed by atoms with Crippen molar-refractivity contribution in [2.75, 3.05) is 0 Å². The molecule has 0 saturated heterocycles. The molecule has 0 saturated carbocycles. The lowest BCUT2D eigenvalue weighted by Crippen LogP contribution is -2.00. The Labute approximate surface area is 371 Å². The predicted octanol–water partition coefficient (Wildman–Crippen LogP) is 15.7. The minimum atomic E-state index is 0.549. The number of fused-ring (bicyclic) bond motifs is 12. The molecule has 0 aliphatic heterocycles. The van der Waals surface area contributed by atoms with Crippen molar-refractivity contribution in [2.45, 2.75) is 0 Å². The van der Waals surface area contributed by atoms with E-state index in [2.05, 4.69) is 174 Å². The van der Waals surface area contributed by atoms with Crippen LogP contribution in [0.2, 0.25) is 0 Å². The third-order valence-electron chi connectivity index (χ3n) is 13.0. The first-order chi connectivity index (χ1) is 32.2. The average Bonchev–Trinajstić information content (AvgIpc) is 4.05. The molecule has 14 rings (SSSR count). The van der Waals surface area contributed by atoms with Crippen molar-refractivity contribution in [2.24, 2.45) is 0 Å². The molecule has 0 aliphatic rings. The maximum Gasteiger partial charge on any atom is 0.164 e. The van der Waals surface area contributed by atoms with Crippen LogP contribution in [0.15, 0.2) is 215 Å². The highest BCUT2D eigenvalue weighted by Gasteiger charge is 2.20. The van der Waals surface area contributed by atoms with Crippen LogP contribution < -0.4 is 0 Å². The second-order valence-electron chi connectivity index (χ2n) is 16.8. The Morgan fingerprint density at radius 1 is 0.308 bits per heavy atom. The van der Waals surface area contributed by atoms with Gasteiger partial charge in [0.2, 0.25) is 0 Å². The van der Waals surface area contributed by atoms with E-state index < -0.39 is 0 Å². The quantitative estimate of drug-likeness (QED) is 0.173. The largest absolute Gasteiger partial charge is 0.456 e. The summed E-state index contributed by atoms with van der Waals surface area (Å²) in [4.78, 5) is 15.6. The van der Waals surface area contributed by atoms with E-state index in [0.29, 0.717) is 17.5 Å². The van der Waals surface area contributed by atoms with E-state index in [1.165, 1.54) is 32.6 Å². The van der Waals surface area contributed by atoms with E-state index in [9.17, 15) is 0 Å². The minimum Gasteiger partial charge on any atom is -0.456 e. The highest BCUT2D eigenvalue weighted by Crippen LogP contribution is 2.41. The fraction of sp³-hybridized carbons (Fsp3) is 0. The van der Waals surface area contributed by atoms with Crippen molar-refractivity contribution in [1.82, 2.24) is 19.5 Å². The van der Waals surface area contributed by atoms with Gasteiger partial charge in [0, 0.05) is 54.7 Å². The van der Waals surface area contributed by atoms with Crippen LogP contribution in [-0.4, -0.2) is 19.5 Å². The summed E-state index contributed by atoms with van der Waals surface area (Å²) < 4.78 is 15.5. The van der Waals surface area contributed by atoms with Crippen molar-refractivity contribution >= 4 is 87.2 Å². The molecule has 0 fully saturated rings. The number of hydrogen-bond acceptors (Lipinski definition) is 5. The van der Waals surface area contributed by atoms with Crippen molar-refractivity contribution in [3.63, 3.8) is 0 Å². The summed E-state index contributed by atoms with van der Waals surface area (Å²) in [7, 11) is 0. The fourth-order valence-electron chi connectivity index (χ4n) is 9.98. The summed E-state index contributed by atoms with van der Waals surface area (Å²) in [6.45, 7) is 0. The minimum absolute atomic E-state index is 0.549. The van der Waals surface area contributed by atoms with Gasteiger partial charge in [-0.1, -0.05) is 140 Å². The van der Waals surface area contributed by atoms with Crippen LogP contribution in [0.25, 0.3) is 138 Å². The number of aromatic nitrogens is 4. The van der Waals surface area contributed by atoms with Gasteiger partial charge in [0.25, 0.3) is 0 Å². The van der Waals surface area contributed by atoms with Crippen molar-refractivity contribution in [1.29, 1.82) is 0 Å². The van der Waals surface area contributed by atoms with Gasteiger partial charge < -0.3 is 13.4 Å². The first-order valence-electron chi connectivity index (χ1n) is 21.8. The molecule has 0 spiro atoms. The summed E-state index contributed by atoms with van der Waals surface area (Å²) in [6, 6.07) is 72.2. The molecule has 0 amide bonds. The molecule has 0 aliphatic carbocycles. The van der Waals surface area contributed by atoms with Crippen LogP contribution in [0, 0.1) is 0 Å². The molecule has 10 aromatic carbocycles. The van der Waals surface area contributed by atoms with Gasteiger partial charge in [-0.05, 0) is 99.4 Å². The smallest absolute Gasteiger partial charge is 0.164 e. The standard InChI is InChI=1S/C59H34N4O2/c1-2-12-35(13-3-1)37-16-10-17-40(30-37)57-60-58(62-59(61-57)46-20-11-23-52-55(46)44-19-7-9-22-51(44)64-52)41-25-28-45-54(33-41)65-53-29-26-36-24-27-42(34-47(36)56(45)53)63-49-21-8-6-18-43(49)48-31-38-14-4-5-15-39(38)32-50(48)63/h1-34H. The van der Waals surface area contributed by atoms with Crippen molar-refractivity contribution in [3.05, 3.63) is 206 Å². The molecule has 65 heavy (non-hydrogen) atoms. The van der Waals surface area contributed by atoms with Gasteiger partial charge in [-0.25, -0.2) is 15.0 Å². The van der Waals surface area contributed by atoms with Crippen LogP contribution in [0.4, 0.5) is 0 Å². The average molecular weight is 831 g/mol. The van der Waals surface area contributed by atoms with Gasteiger partial charge in [0.1, 0.15) is 22.3 Å². The number of furan rings is 2. The summed E-state index contributed by atoms with van der Waals surface area (Å²) >= 11 is 0. The fourth-order valence-corrected chi connectivity index (χ4v) is 9.98. The Morgan fingerprint density at radius 2 is 0.954 bits per heavy atom. The first kappa shape index (κ1) is 35.7. The van der Waals surface area contributed by atoms with E-state index in [0.717, 1.165) is 88.2 Å². The van der Waals surface area contributed by atoms with Gasteiger partial charge >= 0.3 is 0 Å². The monoisotopic (exact) mass is 830 g/mol. The molecule has 302 valence electrons. The number of hydrogen-bond donors (Lipinski definition) is 0. The maximum atomic E-state index is 6.74. The molecule has 0 N–H and O–H groups in total. The molecule has 4 aromatic heterocycles. The maximum absolute atomic E-state index is 6.74. The van der Waals surface area contributed by atoms with Gasteiger partial charge in [0.05, 0.1) is 11.0 Å². The molecule has 0 unspecified atom stereocenters. The SMILES string of the molecule is c1ccc(-c2cccc(-c3nc(-c4ccc5c(c4)oc4ccc6ccc(-n7c8ccccc8c8cc9ccccc9cc87)cc6c45)nc(-c4cccc5oc6ccccc6c45)n3)c2)cc1. The number of para-hydroxylation sites is 2. The van der Waals surface area contributed by atoms with Crippen LogP contribution in [0.3, 0.4) is 0 Å². The number of rotatable bonds is 5. The molecule has 6 heteroatoms. The number of nitrogens with zero attached hydrogens (tertiary/aromatic N) is 4. The molecule has 0 atom stereocenters. The van der Waals surface area contributed by atoms with Crippen LogP contribution in [0.5, 0.6) is 0 Å². The van der Waals surface area contributed by atoms with Crippen LogP contribution >= 0.6 is 0 Å². The number of benzene rings is 10. The normalized spacial score (nSPS) is 12.0. The Balaban J connectivity index is 0.953. The van der Waals surface area contributed by atoms with E-state index >= 15 is 0 Å². The molecular formula is C59H34N4O2. The second-order valence-corrected chi connectivity index (χ2v) is 16.8. The molecular weight excluding hydrogens is 797 g/mol. The Bertz CT molecular complexity index is 4250. The topological polar surface area (TPSA) is 69.9 Å². The van der Waals surface area contributed by atoms with Crippen LogP contribution in [0.1, 0.15) is 0 Å². The Hall–Kier alpha value is -8.87. The zero-order valence-corrected chi connectivity index (χ0v) is 34.7. The van der Waals surface area contributed by atoms with Crippen molar-refractivity contribution in [3.8, 4) is 51.0 Å². The molecule has 6 nitrogen and oxygen atoms in total. The third-order valence-corrected chi connectivity index (χ3v) is 13.0. The second kappa shape index (κ2) is 13.8. The van der Waals surface area contributed by atoms with E-state index in [1.54, 1.807) is 0 Å². The van der Waals surface area contributed by atoms with Crippen LogP contribution in [-0.2, 0) is 0 Å². The Kier molecular flexibility index (Phi) is 7.59. The summed E-state index contributed by atoms with van der Waals surface area (Å²) in [5.41, 5.74) is 11.4. The molecule has 14 aromatic rings. The third kappa shape index (κ3) is 5.57. The van der Waals surface area contributed by atoms with E-state index in [-0.39, 0.29) is 0 Å². The molecule has 4 heterocycles.